The first kappa shape index (κ1) is 14.1. The zero-order chi connectivity index (χ0) is 14.9. The van der Waals surface area contributed by atoms with Gasteiger partial charge in [0.05, 0.1) is 0 Å². The van der Waals surface area contributed by atoms with E-state index >= 15 is 0 Å². The Morgan fingerprint density at radius 3 is 2.15 bits per heavy atom. The summed E-state index contributed by atoms with van der Waals surface area (Å²) < 4.78 is 69.4. The Balaban J connectivity index is 2.43. The van der Waals surface area contributed by atoms with Crippen LogP contribution in [0.25, 0.3) is 0 Å². The molecule has 0 bridgehead atoms. The minimum atomic E-state index is -4.71. The summed E-state index contributed by atoms with van der Waals surface area (Å²) >= 11 is 0. The van der Waals surface area contributed by atoms with E-state index in [0.717, 1.165) is 18.2 Å². The molecule has 2 N–H and O–H groups in total. The molecule has 2 aromatic carbocycles. The molecule has 2 nitrogen and oxygen atoms in total. The van der Waals surface area contributed by atoms with Crippen molar-refractivity contribution >= 4 is 5.69 Å². The van der Waals surface area contributed by atoms with E-state index in [4.69, 9.17) is 10.5 Å². The standard InChI is InChI=1S/C13H8F5NO/c14-7-1-3-12(10(15)5-7)20-11-4-2-8(19)6-9(11)13(16,17)18/h1-6H,19H2. The number of ether oxygens (including phenoxy) is 1. The minimum Gasteiger partial charge on any atom is -0.454 e. The first-order chi connectivity index (χ1) is 9.27. The second-order valence-corrected chi connectivity index (χ2v) is 3.93. The molecule has 0 fully saturated rings. The molecule has 0 spiro atoms. The van der Waals surface area contributed by atoms with Gasteiger partial charge >= 0.3 is 6.18 Å². The van der Waals surface area contributed by atoms with E-state index in [9.17, 15) is 22.0 Å². The number of halogens is 5. The van der Waals surface area contributed by atoms with Crippen molar-refractivity contribution in [1.29, 1.82) is 0 Å². The van der Waals surface area contributed by atoms with Crippen molar-refractivity contribution in [2.24, 2.45) is 0 Å². The molecule has 20 heavy (non-hydrogen) atoms. The van der Waals surface area contributed by atoms with Gasteiger partial charge in [-0.05, 0) is 30.3 Å². The maximum atomic E-state index is 13.4. The molecule has 0 aliphatic carbocycles. The van der Waals surface area contributed by atoms with Crippen LogP contribution in [0.4, 0.5) is 27.6 Å². The fourth-order valence-electron chi connectivity index (χ4n) is 1.53. The summed E-state index contributed by atoms with van der Waals surface area (Å²) in [6, 6.07) is 5.13. The van der Waals surface area contributed by atoms with Crippen molar-refractivity contribution in [3.8, 4) is 11.5 Å². The van der Waals surface area contributed by atoms with Crippen LogP contribution < -0.4 is 10.5 Å². The van der Waals surface area contributed by atoms with Crippen LogP contribution in [0, 0.1) is 11.6 Å². The van der Waals surface area contributed by atoms with Crippen LogP contribution >= 0.6 is 0 Å². The lowest BCUT2D eigenvalue weighted by Crippen LogP contribution is -2.08. The first-order valence-corrected chi connectivity index (χ1v) is 5.37. The average molecular weight is 289 g/mol. The van der Waals surface area contributed by atoms with Gasteiger partial charge in [0.2, 0.25) is 0 Å². The predicted octanol–water partition coefficient (Wildman–Crippen LogP) is 4.36. The third-order valence-corrected chi connectivity index (χ3v) is 2.42. The highest BCUT2D eigenvalue weighted by Gasteiger charge is 2.35. The van der Waals surface area contributed by atoms with E-state index < -0.39 is 34.9 Å². The Kier molecular flexibility index (Phi) is 3.52. The van der Waals surface area contributed by atoms with Crippen molar-refractivity contribution < 1.29 is 26.7 Å². The van der Waals surface area contributed by atoms with Crippen molar-refractivity contribution in [3.05, 3.63) is 53.6 Å². The summed E-state index contributed by atoms with van der Waals surface area (Å²) in [5, 5.41) is 0. The van der Waals surface area contributed by atoms with E-state index in [1.165, 1.54) is 6.07 Å². The molecule has 0 heterocycles. The molecule has 0 aliphatic heterocycles. The van der Waals surface area contributed by atoms with Gasteiger partial charge in [0.1, 0.15) is 17.1 Å². The Bertz CT molecular complexity index is 639. The van der Waals surface area contributed by atoms with Crippen LogP contribution in [0.3, 0.4) is 0 Å². The molecule has 0 aliphatic rings. The highest BCUT2D eigenvalue weighted by atomic mass is 19.4. The van der Waals surface area contributed by atoms with E-state index in [-0.39, 0.29) is 5.69 Å². The third-order valence-electron chi connectivity index (χ3n) is 2.42. The third kappa shape index (κ3) is 2.98. The number of benzene rings is 2. The van der Waals surface area contributed by atoms with Crippen LogP contribution in [-0.2, 0) is 6.18 Å². The van der Waals surface area contributed by atoms with Gasteiger partial charge in [0.15, 0.2) is 11.6 Å². The Morgan fingerprint density at radius 1 is 0.900 bits per heavy atom. The Hall–Kier alpha value is -2.31. The van der Waals surface area contributed by atoms with Crippen molar-refractivity contribution in [3.63, 3.8) is 0 Å². The van der Waals surface area contributed by atoms with Gasteiger partial charge in [-0.2, -0.15) is 13.2 Å². The molecule has 2 rings (SSSR count). The molecule has 0 radical (unpaired) electrons. The number of nitrogen functional groups attached to an aromatic ring is 1. The largest absolute Gasteiger partial charge is 0.454 e. The zero-order valence-electron chi connectivity index (χ0n) is 9.84. The van der Waals surface area contributed by atoms with Gasteiger partial charge in [-0.1, -0.05) is 0 Å². The van der Waals surface area contributed by atoms with E-state index in [1.807, 2.05) is 0 Å². The van der Waals surface area contributed by atoms with Crippen LogP contribution in [0.5, 0.6) is 11.5 Å². The molecule has 0 amide bonds. The number of alkyl halides is 3. The summed E-state index contributed by atoms with van der Waals surface area (Å²) in [7, 11) is 0. The molecule has 7 heteroatoms. The summed E-state index contributed by atoms with van der Waals surface area (Å²) in [5.74, 6) is -3.09. The maximum Gasteiger partial charge on any atom is 0.420 e. The fourth-order valence-corrected chi connectivity index (χ4v) is 1.53. The monoisotopic (exact) mass is 289 g/mol. The molecule has 0 saturated carbocycles. The summed E-state index contributed by atoms with van der Waals surface area (Å²) in [6.45, 7) is 0. The van der Waals surface area contributed by atoms with Crippen LogP contribution in [0.1, 0.15) is 5.56 Å². The Morgan fingerprint density at radius 2 is 1.55 bits per heavy atom. The summed E-state index contributed by atoms with van der Waals surface area (Å²) in [5.41, 5.74) is 4.04. The van der Waals surface area contributed by atoms with Crippen LogP contribution in [-0.4, -0.2) is 0 Å². The van der Waals surface area contributed by atoms with Gasteiger partial charge in [-0.15, -0.1) is 0 Å². The highest BCUT2D eigenvalue weighted by molar-refractivity contribution is 5.50. The molecule has 0 atom stereocenters. The predicted molar refractivity (Wildman–Crippen MR) is 62.3 cm³/mol. The average Bonchev–Trinajstić information content (AvgIpc) is 2.33. The van der Waals surface area contributed by atoms with Crippen LogP contribution in [0.2, 0.25) is 0 Å². The molecule has 106 valence electrons. The van der Waals surface area contributed by atoms with Gasteiger partial charge in [0.25, 0.3) is 0 Å². The molecular formula is C13H8F5NO. The fraction of sp³-hybridized carbons (Fsp3) is 0.0769. The number of hydrogen-bond acceptors (Lipinski definition) is 2. The molecule has 2 aromatic rings. The van der Waals surface area contributed by atoms with Gasteiger partial charge < -0.3 is 10.5 Å². The maximum absolute atomic E-state index is 13.4. The number of nitrogens with two attached hydrogens (primary N) is 1. The number of rotatable bonds is 2. The lowest BCUT2D eigenvalue weighted by molar-refractivity contribution is -0.138. The first-order valence-electron chi connectivity index (χ1n) is 5.37. The van der Waals surface area contributed by atoms with Crippen molar-refractivity contribution in [1.82, 2.24) is 0 Å². The number of anilines is 1. The number of hydrogen-bond donors (Lipinski definition) is 1. The summed E-state index contributed by atoms with van der Waals surface area (Å²) in [6.07, 6.45) is -4.71. The van der Waals surface area contributed by atoms with E-state index in [1.54, 1.807) is 0 Å². The second-order valence-electron chi connectivity index (χ2n) is 3.93. The highest BCUT2D eigenvalue weighted by Crippen LogP contribution is 2.39. The molecular weight excluding hydrogens is 281 g/mol. The summed E-state index contributed by atoms with van der Waals surface area (Å²) in [4.78, 5) is 0. The molecule has 0 aromatic heterocycles. The topological polar surface area (TPSA) is 35.2 Å². The lowest BCUT2D eigenvalue weighted by Gasteiger charge is -2.14. The molecule has 0 saturated heterocycles. The van der Waals surface area contributed by atoms with Gasteiger partial charge in [-0.25, -0.2) is 8.78 Å². The molecule has 0 unspecified atom stereocenters. The van der Waals surface area contributed by atoms with Crippen molar-refractivity contribution in [2.45, 2.75) is 6.18 Å². The minimum absolute atomic E-state index is 0.107. The smallest absolute Gasteiger partial charge is 0.420 e. The lowest BCUT2D eigenvalue weighted by atomic mass is 10.1. The van der Waals surface area contributed by atoms with Gasteiger partial charge in [-0.3, -0.25) is 0 Å². The zero-order valence-corrected chi connectivity index (χ0v) is 9.84. The van der Waals surface area contributed by atoms with Crippen molar-refractivity contribution in [2.75, 3.05) is 5.73 Å². The van der Waals surface area contributed by atoms with Gasteiger partial charge in [0, 0.05) is 11.8 Å². The Labute approximate surface area is 110 Å². The van der Waals surface area contributed by atoms with E-state index in [2.05, 4.69) is 0 Å². The quantitative estimate of drug-likeness (QED) is 0.658. The SMILES string of the molecule is Nc1ccc(Oc2ccc(F)cc2F)c(C(F)(F)F)c1. The normalized spacial score (nSPS) is 11.4. The van der Waals surface area contributed by atoms with Crippen LogP contribution in [0.15, 0.2) is 36.4 Å². The van der Waals surface area contributed by atoms with E-state index in [0.29, 0.717) is 12.1 Å². The second kappa shape index (κ2) is 4.99.